The van der Waals surface area contributed by atoms with Gasteiger partial charge in [-0.1, -0.05) is 20.4 Å². The van der Waals surface area contributed by atoms with Crippen molar-refractivity contribution in [1.82, 2.24) is 0 Å². The molecule has 2 unspecified atom stereocenters. The molecule has 0 aromatic rings. The molecule has 0 saturated heterocycles. The molecule has 4 aliphatic rings. The lowest BCUT2D eigenvalue weighted by Crippen LogP contribution is -2.66. The molecule has 0 amide bonds. The van der Waals surface area contributed by atoms with E-state index >= 15 is 0 Å². The van der Waals surface area contributed by atoms with E-state index in [4.69, 9.17) is 9.47 Å². The van der Waals surface area contributed by atoms with Crippen LogP contribution in [0.15, 0.2) is 12.2 Å². The number of hydrogen-bond donors (Lipinski definition) is 1. The van der Waals surface area contributed by atoms with E-state index in [0.717, 1.165) is 32.1 Å². The van der Waals surface area contributed by atoms with Gasteiger partial charge in [0.2, 0.25) is 0 Å². The zero-order chi connectivity index (χ0) is 17.8. The molecule has 2 atom stereocenters. The zero-order valence-electron chi connectivity index (χ0n) is 14.9. The van der Waals surface area contributed by atoms with E-state index < -0.39 is 17.2 Å². The molecular weight excluding hydrogens is 308 g/mol. The van der Waals surface area contributed by atoms with Gasteiger partial charge in [-0.15, -0.1) is 0 Å². The van der Waals surface area contributed by atoms with Crippen molar-refractivity contribution in [3.63, 3.8) is 0 Å². The third-order valence-corrected chi connectivity index (χ3v) is 5.73. The molecule has 1 N–H and O–H groups in total. The third-order valence-electron chi connectivity index (χ3n) is 5.73. The first-order valence-corrected chi connectivity index (χ1v) is 8.73. The second-order valence-corrected chi connectivity index (χ2v) is 9.23. The van der Waals surface area contributed by atoms with Gasteiger partial charge in [-0.05, 0) is 49.9 Å². The molecule has 0 radical (unpaired) electrons. The fourth-order valence-corrected chi connectivity index (χ4v) is 6.28. The van der Waals surface area contributed by atoms with Crippen LogP contribution >= 0.6 is 0 Å². The average Bonchev–Trinajstić information content (AvgIpc) is 2.31. The summed E-state index contributed by atoms with van der Waals surface area (Å²) < 4.78 is 10.8. The van der Waals surface area contributed by atoms with Crippen molar-refractivity contribution < 1.29 is 24.2 Å². The van der Waals surface area contributed by atoms with E-state index in [-0.39, 0.29) is 29.8 Å². The highest BCUT2D eigenvalue weighted by molar-refractivity contribution is 5.87. The number of ether oxygens (including phenoxy) is 2. The maximum absolute atomic E-state index is 12.3. The standard InChI is InChI=1S/C19H28O5/c1-13(2)15(21)23-6-5-14(20)24-19-10-16(3)7-17(4,11-19)9-18(22,8-16)12-19/h22H,1,5-12H2,2-4H3. The van der Waals surface area contributed by atoms with Gasteiger partial charge >= 0.3 is 11.9 Å². The van der Waals surface area contributed by atoms with Gasteiger partial charge in [-0.2, -0.15) is 0 Å². The van der Waals surface area contributed by atoms with Gasteiger partial charge in [0, 0.05) is 12.0 Å². The zero-order valence-corrected chi connectivity index (χ0v) is 14.9. The Morgan fingerprint density at radius 2 is 1.62 bits per heavy atom. The molecule has 24 heavy (non-hydrogen) atoms. The summed E-state index contributed by atoms with van der Waals surface area (Å²) in [6.07, 6.45) is 4.87. The average molecular weight is 336 g/mol. The molecule has 134 valence electrons. The van der Waals surface area contributed by atoms with Crippen LogP contribution in [0.5, 0.6) is 0 Å². The monoisotopic (exact) mass is 336 g/mol. The molecular formula is C19H28O5. The summed E-state index contributed by atoms with van der Waals surface area (Å²) in [6, 6.07) is 0. The number of carbonyl (C=O) groups excluding carboxylic acids is 2. The molecule has 4 aliphatic carbocycles. The quantitative estimate of drug-likeness (QED) is 0.617. The minimum atomic E-state index is -0.717. The number of hydrogen-bond acceptors (Lipinski definition) is 5. The van der Waals surface area contributed by atoms with Crippen molar-refractivity contribution in [2.75, 3.05) is 6.61 Å². The van der Waals surface area contributed by atoms with Gasteiger partial charge in [0.1, 0.15) is 12.2 Å². The fraction of sp³-hybridized carbons (Fsp3) is 0.789. The summed E-state index contributed by atoms with van der Waals surface area (Å²) in [5, 5.41) is 11.0. The Morgan fingerprint density at radius 3 is 2.12 bits per heavy atom. The van der Waals surface area contributed by atoms with Crippen molar-refractivity contribution in [2.24, 2.45) is 10.8 Å². The Labute approximate surface area is 143 Å². The fourth-order valence-electron chi connectivity index (χ4n) is 6.28. The SMILES string of the molecule is C=C(C)C(=O)OCCC(=O)OC12CC3(C)CC(C)(CC(O)(C3)C1)C2. The predicted octanol–water partition coefficient (Wildman–Crippen LogP) is 2.90. The van der Waals surface area contributed by atoms with E-state index in [2.05, 4.69) is 20.4 Å². The van der Waals surface area contributed by atoms with Gasteiger partial charge in [-0.25, -0.2) is 4.79 Å². The van der Waals surface area contributed by atoms with Crippen LogP contribution in [-0.2, 0) is 19.1 Å². The Bertz CT molecular complexity index is 539. The van der Waals surface area contributed by atoms with Crippen LogP contribution < -0.4 is 0 Å². The van der Waals surface area contributed by atoms with Crippen LogP contribution in [0.25, 0.3) is 0 Å². The minimum absolute atomic E-state index is 0.000585. The summed E-state index contributed by atoms with van der Waals surface area (Å²) in [7, 11) is 0. The first-order valence-electron chi connectivity index (χ1n) is 8.73. The van der Waals surface area contributed by atoms with Gasteiger partial charge < -0.3 is 14.6 Å². The van der Waals surface area contributed by atoms with E-state index in [1.54, 1.807) is 6.92 Å². The van der Waals surface area contributed by atoms with Crippen LogP contribution in [0.4, 0.5) is 0 Å². The lowest BCUT2D eigenvalue weighted by Gasteiger charge is -2.67. The summed E-state index contributed by atoms with van der Waals surface area (Å²) >= 11 is 0. The number of aliphatic hydroxyl groups is 1. The molecule has 0 aliphatic heterocycles. The van der Waals surface area contributed by atoms with E-state index in [1.807, 2.05) is 0 Å². The Hall–Kier alpha value is -1.36. The topological polar surface area (TPSA) is 72.8 Å². The molecule has 4 bridgehead atoms. The summed E-state index contributed by atoms with van der Waals surface area (Å²) in [6.45, 7) is 9.47. The first-order chi connectivity index (χ1) is 11.0. The van der Waals surface area contributed by atoms with E-state index in [9.17, 15) is 14.7 Å². The van der Waals surface area contributed by atoms with Gasteiger partial charge in [0.15, 0.2) is 0 Å². The maximum atomic E-state index is 12.3. The highest BCUT2D eigenvalue weighted by atomic mass is 16.6. The van der Waals surface area contributed by atoms with E-state index in [0.29, 0.717) is 12.0 Å². The van der Waals surface area contributed by atoms with Crippen molar-refractivity contribution >= 4 is 11.9 Å². The number of carbonyl (C=O) groups is 2. The largest absolute Gasteiger partial charge is 0.462 e. The second-order valence-electron chi connectivity index (χ2n) is 9.23. The lowest BCUT2D eigenvalue weighted by atomic mass is 9.42. The van der Waals surface area contributed by atoms with Crippen molar-refractivity contribution in [3.8, 4) is 0 Å². The minimum Gasteiger partial charge on any atom is -0.462 e. The van der Waals surface area contributed by atoms with Crippen molar-refractivity contribution in [1.29, 1.82) is 0 Å². The van der Waals surface area contributed by atoms with Crippen molar-refractivity contribution in [2.45, 2.75) is 76.9 Å². The molecule has 5 heteroatoms. The molecule has 4 fully saturated rings. The third kappa shape index (κ3) is 3.23. The normalized spacial score (nSPS) is 42.7. The second kappa shape index (κ2) is 5.32. The molecule has 5 nitrogen and oxygen atoms in total. The van der Waals surface area contributed by atoms with Gasteiger partial charge in [0.05, 0.1) is 12.0 Å². The van der Waals surface area contributed by atoms with Gasteiger partial charge in [-0.3, -0.25) is 4.79 Å². The molecule has 4 saturated carbocycles. The number of esters is 2. The maximum Gasteiger partial charge on any atom is 0.333 e. The summed E-state index contributed by atoms with van der Waals surface area (Å²) in [4.78, 5) is 23.6. The smallest absolute Gasteiger partial charge is 0.333 e. The molecule has 0 aromatic carbocycles. The summed E-state index contributed by atoms with van der Waals surface area (Å²) in [5.41, 5.74) is -0.906. The number of rotatable bonds is 5. The van der Waals surface area contributed by atoms with Gasteiger partial charge in [0.25, 0.3) is 0 Å². The molecule has 0 spiro atoms. The molecule has 0 aromatic heterocycles. The van der Waals surface area contributed by atoms with Crippen LogP contribution in [0.2, 0.25) is 0 Å². The highest BCUT2D eigenvalue weighted by Crippen LogP contribution is 2.68. The Morgan fingerprint density at radius 1 is 1.04 bits per heavy atom. The van der Waals surface area contributed by atoms with Crippen LogP contribution in [0, 0.1) is 10.8 Å². The van der Waals surface area contributed by atoms with E-state index in [1.165, 1.54) is 0 Å². The molecule has 4 rings (SSSR count). The van der Waals surface area contributed by atoms with Crippen LogP contribution in [0.1, 0.15) is 65.7 Å². The van der Waals surface area contributed by atoms with Crippen LogP contribution in [-0.4, -0.2) is 34.9 Å². The Kier molecular flexibility index (Phi) is 3.87. The summed E-state index contributed by atoms with van der Waals surface area (Å²) in [5.74, 6) is -0.853. The Balaban J connectivity index is 1.63. The molecule has 0 heterocycles. The van der Waals surface area contributed by atoms with Crippen molar-refractivity contribution in [3.05, 3.63) is 12.2 Å². The highest BCUT2D eigenvalue weighted by Gasteiger charge is 2.66. The van der Waals surface area contributed by atoms with Crippen LogP contribution in [0.3, 0.4) is 0 Å². The lowest BCUT2D eigenvalue weighted by molar-refractivity contribution is -0.260. The first kappa shape index (κ1) is 17.5. The predicted molar refractivity (Wildman–Crippen MR) is 88.1 cm³/mol.